The van der Waals surface area contributed by atoms with Gasteiger partial charge in [-0.3, -0.25) is 4.79 Å². The topological polar surface area (TPSA) is 84.9 Å². The van der Waals surface area contributed by atoms with Crippen molar-refractivity contribution >= 4 is 21.6 Å². The van der Waals surface area contributed by atoms with Crippen molar-refractivity contribution < 1.29 is 35.9 Å². The number of hydrogen-bond donors (Lipinski definition) is 1. The highest BCUT2D eigenvalue weighted by Crippen LogP contribution is 2.33. The lowest BCUT2D eigenvalue weighted by molar-refractivity contribution is -0.275. The predicted molar refractivity (Wildman–Crippen MR) is 106 cm³/mol. The molecule has 168 valence electrons. The zero-order valence-electron chi connectivity index (χ0n) is 16.6. The van der Waals surface area contributed by atoms with Crippen LogP contribution in [-0.4, -0.2) is 45.2 Å². The van der Waals surface area contributed by atoms with Gasteiger partial charge in [-0.2, -0.15) is 4.31 Å². The van der Waals surface area contributed by atoms with Gasteiger partial charge in [-0.25, -0.2) is 8.42 Å². The molecule has 0 atom stereocenters. The minimum Gasteiger partial charge on any atom is -0.495 e. The molecule has 1 aliphatic rings. The second-order valence-electron chi connectivity index (χ2n) is 6.86. The summed E-state index contributed by atoms with van der Waals surface area (Å²) in [5.41, 5.74) is 0.503. The van der Waals surface area contributed by atoms with Crippen LogP contribution in [0.1, 0.15) is 12.8 Å². The lowest BCUT2D eigenvalue weighted by atomic mass is 9.97. The van der Waals surface area contributed by atoms with Crippen LogP contribution in [0.15, 0.2) is 53.4 Å². The highest BCUT2D eigenvalue weighted by molar-refractivity contribution is 7.89. The summed E-state index contributed by atoms with van der Waals surface area (Å²) in [5, 5.41) is 2.77. The molecular formula is C20H21F3N2O5S. The van der Waals surface area contributed by atoms with Crippen LogP contribution < -0.4 is 14.8 Å². The second-order valence-corrected chi connectivity index (χ2v) is 8.77. The fourth-order valence-corrected chi connectivity index (χ4v) is 4.94. The van der Waals surface area contributed by atoms with Crippen molar-refractivity contribution in [2.24, 2.45) is 5.92 Å². The Hall–Kier alpha value is -2.79. The number of piperidine rings is 1. The fourth-order valence-electron chi connectivity index (χ4n) is 3.35. The highest BCUT2D eigenvalue weighted by atomic mass is 32.2. The lowest BCUT2D eigenvalue weighted by Gasteiger charge is -2.31. The molecule has 11 heteroatoms. The predicted octanol–water partition coefficient (Wildman–Crippen LogP) is 3.63. The number of carbonyl (C=O) groups excluding carboxylic acids is 1. The summed E-state index contributed by atoms with van der Waals surface area (Å²) in [6.07, 6.45) is -4.57. The van der Waals surface area contributed by atoms with Gasteiger partial charge in [0, 0.05) is 19.0 Å². The van der Waals surface area contributed by atoms with Crippen molar-refractivity contribution in [1.82, 2.24) is 4.31 Å². The van der Waals surface area contributed by atoms with Gasteiger partial charge in [-0.1, -0.05) is 24.3 Å². The fraction of sp³-hybridized carbons (Fsp3) is 0.350. The van der Waals surface area contributed by atoms with E-state index in [1.165, 1.54) is 19.2 Å². The third-order valence-corrected chi connectivity index (χ3v) is 6.82. The molecule has 1 heterocycles. The zero-order chi connectivity index (χ0) is 22.6. The zero-order valence-corrected chi connectivity index (χ0v) is 17.4. The molecule has 1 saturated heterocycles. The van der Waals surface area contributed by atoms with Crippen LogP contribution in [0.4, 0.5) is 18.9 Å². The lowest BCUT2D eigenvalue weighted by Crippen LogP contribution is -2.41. The number of rotatable bonds is 6. The maximum absolute atomic E-state index is 12.9. The third-order valence-electron chi connectivity index (χ3n) is 4.88. The van der Waals surface area contributed by atoms with Gasteiger partial charge in [0.1, 0.15) is 16.4 Å². The molecule has 0 aromatic heterocycles. The van der Waals surface area contributed by atoms with Crippen LogP contribution in [0.2, 0.25) is 0 Å². The number of anilines is 1. The van der Waals surface area contributed by atoms with E-state index >= 15 is 0 Å². The molecule has 3 rings (SSSR count). The Morgan fingerprint density at radius 1 is 1.03 bits per heavy atom. The SMILES string of the molecule is COc1ccccc1NC(=O)C1CCN(S(=O)(=O)c2ccccc2OC(F)(F)F)CC1. The van der Waals surface area contributed by atoms with Crippen LogP contribution in [0.5, 0.6) is 11.5 Å². The van der Waals surface area contributed by atoms with Crippen molar-refractivity contribution in [2.45, 2.75) is 24.1 Å². The first kappa shape index (κ1) is 22.9. The number of amides is 1. The van der Waals surface area contributed by atoms with Crippen molar-refractivity contribution in [3.05, 3.63) is 48.5 Å². The molecule has 0 saturated carbocycles. The molecule has 7 nitrogen and oxygen atoms in total. The monoisotopic (exact) mass is 458 g/mol. The number of ether oxygens (including phenoxy) is 2. The molecule has 31 heavy (non-hydrogen) atoms. The number of carbonyl (C=O) groups is 1. The van der Waals surface area contributed by atoms with Crippen molar-refractivity contribution in [3.8, 4) is 11.5 Å². The molecule has 0 radical (unpaired) electrons. The Morgan fingerprint density at radius 2 is 1.61 bits per heavy atom. The molecule has 1 fully saturated rings. The average Bonchev–Trinajstić information content (AvgIpc) is 2.73. The van der Waals surface area contributed by atoms with Gasteiger partial charge in [-0.15, -0.1) is 13.2 Å². The second kappa shape index (κ2) is 9.15. The number of nitrogens with zero attached hydrogens (tertiary/aromatic N) is 1. The Bertz CT molecular complexity index is 1040. The Kier molecular flexibility index (Phi) is 6.75. The van der Waals surface area contributed by atoms with Crippen LogP contribution in [0.25, 0.3) is 0 Å². The molecule has 1 aliphatic heterocycles. The number of nitrogens with one attached hydrogen (secondary N) is 1. The van der Waals surface area contributed by atoms with Crippen molar-refractivity contribution in [3.63, 3.8) is 0 Å². The van der Waals surface area contributed by atoms with E-state index in [0.29, 0.717) is 11.4 Å². The van der Waals surface area contributed by atoms with Gasteiger partial charge in [0.05, 0.1) is 12.8 Å². The third kappa shape index (κ3) is 5.47. The molecule has 2 aromatic rings. The number of benzene rings is 2. The molecular weight excluding hydrogens is 437 g/mol. The van der Waals surface area contributed by atoms with Crippen LogP contribution in [0, 0.1) is 5.92 Å². The quantitative estimate of drug-likeness (QED) is 0.715. The van der Waals surface area contributed by atoms with E-state index in [4.69, 9.17) is 4.74 Å². The summed E-state index contributed by atoms with van der Waals surface area (Å²) in [7, 11) is -2.75. The largest absolute Gasteiger partial charge is 0.573 e. The number of alkyl halides is 3. The van der Waals surface area contributed by atoms with Gasteiger partial charge in [0.25, 0.3) is 0 Å². The van der Waals surface area contributed by atoms with Gasteiger partial charge in [0.15, 0.2) is 0 Å². The first-order valence-corrected chi connectivity index (χ1v) is 10.8. The standard InChI is InChI=1S/C20H21F3N2O5S/c1-29-16-7-3-2-6-15(16)24-19(26)14-10-12-25(13-11-14)31(27,28)18-9-5-4-8-17(18)30-20(21,22)23/h2-9,14H,10-13H2,1H3,(H,24,26). The molecule has 0 aliphatic carbocycles. The minimum atomic E-state index is -5.02. The Morgan fingerprint density at radius 3 is 2.23 bits per heavy atom. The number of methoxy groups -OCH3 is 1. The summed E-state index contributed by atoms with van der Waals surface area (Å²) in [6, 6.07) is 11.5. The van der Waals surface area contributed by atoms with Crippen molar-refractivity contribution in [1.29, 1.82) is 0 Å². The first-order chi connectivity index (χ1) is 14.6. The summed E-state index contributed by atoms with van der Waals surface area (Å²) < 4.78 is 73.9. The van der Waals surface area contributed by atoms with E-state index in [2.05, 4.69) is 10.1 Å². The molecule has 0 spiro atoms. The normalized spacial score (nSPS) is 16.0. The molecule has 0 unspecified atom stereocenters. The number of sulfonamides is 1. The number of hydrogen-bond acceptors (Lipinski definition) is 5. The maximum atomic E-state index is 12.9. The molecule has 2 aromatic carbocycles. The van der Waals surface area contributed by atoms with Gasteiger partial charge in [0.2, 0.25) is 15.9 Å². The summed E-state index contributed by atoms with van der Waals surface area (Å²) in [4.78, 5) is 12.0. The van der Waals surface area contributed by atoms with Gasteiger partial charge < -0.3 is 14.8 Å². The first-order valence-electron chi connectivity index (χ1n) is 9.40. The number of para-hydroxylation sites is 3. The molecule has 1 amide bonds. The summed E-state index contributed by atoms with van der Waals surface area (Å²) >= 11 is 0. The van der Waals surface area contributed by atoms with E-state index in [1.807, 2.05) is 0 Å². The van der Waals surface area contributed by atoms with Gasteiger partial charge >= 0.3 is 6.36 Å². The van der Waals surface area contributed by atoms with Crippen molar-refractivity contribution in [2.75, 3.05) is 25.5 Å². The number of halogens is 3. The Labute approximate surface area is 177 Å². The van der Waals surface area contributed by atoms with E-state index in [9.17, 15) is 26.4 Å². The Balaban J connectivity index is 1.69. The van der Waals surface area contributed by atoms with Crippen LogP contribution >= 0.6 is 0 Å². The van der Waals surface area contributed by atoms with E-state index in [-0.39, 0.29) is 31.8 Å². The minimum absolute atomic E-state index is 0.00725. The smallest absolute Gasteiger partial charge is 0.495 e. The summed E-state index contributed by atoms with van der Waals surface area (Å²) in [5.74, 6) is -1.01. The average molecular weight is 458 g/mol. The van der Waals surface area contributed by atoms with Gasteiger partial charge in [-0.05, 0) is 37.1 Å². The van der Waals surface area contributed by atoms with E-state index < -0.39 is 32.9 Å². The summed E-state index contributed by atoms with van der Waals surface area (Å²) in [6.45, 7) is -0.0145. The van der Waals surface area contributed by atoms with E-state index in [0.717, 1.165) is 16.4 Å². The highest BCUT2D eigenvalue weighted by Gasteiger charge is 2.37. The van der Waals surface area contributed by atoms with Crippen LogP contribution in [0.3, 0.4) is 0 Å². The van der Waals surface area contributed by atoms with Crippen LogP contribution in [-0.2, 0) is 14.8 Å². The molecule has 0 bridgehead atoms. The maximum Gasteiger partial charge on any atom is 0.573 e. The van der Waals surface area contributed by atoms with E-state index in [1.54, 1.807) is 24.3 Å². The molecule has 1 N–H and O–H groups in total.